The standard InChI is InChI=1S/C19H19N3O3/c23-17(14-6-7-15-16(10-14)21-19(24)20-15)11-22-8-9-25-18(12-22)13-4-2-1-3-5-13/h1-7,10,18H,8-9,11-12H2,(H2,20,21,24)/t18-/m1/s1. The number of aromatic amines is 2. The van der Waals surface area contributed by atoms with Crippen LogP contribution in [0.1, 0.15) is 22.0 Å². The first kappa shape index (κ1) is 15.8. The zero-order valence-corrected chi connectivity index (χ0v) is 13.7. The lowest BCUT2D eigenvalue weighted by molar-refractivity contribution is -0.0275. The molecule has 0 spiro atoms. The third kappa shape index (κ3) is 3.40. The summed E-state index contributed by atoms with van der Waals surface area (Å²) in [5.41, 5.74) is 2.83. The van der Waals surface area contributed by atoms with E-state index in [0.717, 1.165) is 12.1 Å². The Balaban J connectivity index is 1.46. The lowest BCUT2D eigenvalue weighted by atomic mass is 10.1. The van der Waals surface area contributed by atoms with Crippen molar-refractivity contribution < 1.29 is 9.53 Å². The summed E-state index contributed by atoms with van der Waals surface area (Å²) in [6.45, 7) is 2.38. The van der Waals surface area contributed by atoms with Crippen LogP contribution in [-0.2, 0) is 4.74 Å². The van der Waals surface area contributed by atoms with Gasteiger partial charge in [0, 0.05) is 18.7 Å². The fraction of sp³-hybridized carbons (Fsp3) is 0.263. The van der Waals surface area contributed by atoms with Crippen LogP contribution in [0.15, 0.2) is 53.3 Å². The van der Waals surface area contributed by atoms with Crippen LogP contribution >= 0.6 is 0 Å². The molecule has 1 fully saturated rings. The van der Waals surface area contributed by atoms with Gasteiger partial charge in [0.1, 0.15) is 0 Å². The number of morpholine rings is 1. The van der Waals surface area contributed by atoms with Crippen molar-refractivity contribution in [2.24, 2.45) is 0 Å². The Morgan fingerprint density at radius 2 is 1.92 bits per heavy atom. The average Bonchev–Trinajstić information content (AvgIpc) is 3.02. The Labute approximate surface area is 144 Å². The van der Waals surface area contributed by atoms with E-state index in [1.54, 1.807) is 18.2 Å². The zero-order chi connectivity index (χ0) is 17.2. The summed E-state index contributed by atoms with van der Waals surface area (Å²) in [5.74, 6) is 0.0395. The van der Waals surface area contributed by atoms with Gasteiger partial charge in [-0.25, -0.2) is 4.79 Å². The van der Waals surface area contributed by atoms with E-state index in [-0.39, 0.29) is 17.6 Å². The van der Waals surface area contributed by atoms with Gasteiger partial charge < -0.3 is 14.7 Å². The van der Waals surface area contributed by atoms with Gasteiger partial charge in [-0.15, -0.1) is 0 Å². The summed E-state index contributed by atoms with van der Waals surface area (Å²) >= 11 is 0. The number of hydrogen-bond donors (Lipinski definition) is 2. The summed E-state index contributed by atoms with van der Waals surface area (Å²) in [4.78, 5) is 31.4. The first-order valence-electron chi connectivity index (χ1n) is 8.33. The van der Waals surface area contributed by atoms with Crippen LogP contribution in [0.3, 0.4) is 0 Å². The first-order chi connectivity index (χ1) is 12.2. The molecule has 0 radical (unpaired) electrons. The van der Waals surface area contributed by atoms with E-state index in [9.17, 15) is 9.59 Å². The predicted octanol–water partition coefficient (Wildman–Crippen LogP) is 2.11. The van der Waals surface area contributed by atoms with Gasteiger partial charge in [0.25, 0.3) is 0 Å². The van der Waals surface area contributed by atoms with Crippen LogP contribution in [0.4, 0.5) is 0 Å². The van der Waals surface area contributed by atoms with E-state index in [4.69, 9.17) is 4.74 Å². The Morgan fingerprint density at radius 1 is 1.12 bits per heavy atom. The molecule has 1 aliphatic heterocycles. The summed E-state index contributed by atoms with van der Waals surface area (Å²) in [6.07, 6.45) is -0.00809. The summed E-state index contributed by atoms with van der Waals surface area (Å²) in [5, 5.41) is 0. The van der Waals surface area contributed by atoms with Crippen molar-refractivity contribution in [3.8, 4) is 0 Å². The van der Waals surface area contributed by atoms with Crippen molar-refractivity contribution in [1.29, 1.82) is 0 Å². The molecule has 0 aliphatic carbocycles. The number of H-pyrrole nitrogens is 2. The van der Waals surface area contributed by atoms with Gasteiger partial charge in [-0.05, 0) is 23.8 Å². The highest BCUT2D eigenvalue weighted by Crippen LogP contribution is 2.22. The van der Waals surface area contributed by atoms with Crippen LogP contribution < -0.4 is 5.69 Å². The lowest BCUT2D eigenvalue weighted by Crippen LogP contribution is -2.41. The Kier molecular flexibility index (Phi) is 4.21. The molecule has 1 saturated heterocycles. The molecule has 25 heavy (non-hydrogen) atoms. The highest BCUT2D eigenvalue weighted by molar-refractivity contribution is 6.00. The van der Waals surface area contributed by atoms with Gasteiger partial charge in [0.2, 0.25) is 0 Å². The summed E-state index contributed by atoms with van der Waals surface area (Å²) in [7, 11) is 0. The van der Waals surface area contributed by atoms with E-state index >= 15 is 0 Å². The number of imidazole rings is 1. The number of aromatic nitrogens is 2. The van der Waals surface area contributed by atoms with Crippen LogP contribution in [0, 0.1) is 0 Å². The normalized spacial score (nSPS) is 18.5. The number of ether oxygens (including phenoxy) is 1. The molecule has 128 valence electrons. The molecule has 0 unspecified atom stereocenters. The predicted molar refractivity (Wildman–Crippen MR) is 94.8 cm³/mol. The minimum Gasteiger partial charge on any atom is -0.371 e. The van der Waals surface area contributed by atoms with Crippen molar-refractivity contribution >= 4 is 16.8 Å². The van der Waals surface area contributed by atoms with Crippen LogP contribution in [0.2, 0.25) is 0 Å². The molecule has 1 atom stereocenters. The molecule has 2 aromatic carbocycles. The zero-order valence-electron chi connectivity index (χ0n) is 13.7. The van der Waals surface area contributed by atoms with Crippen molar-refractivity contribution in [2.45, 2.75) is 6.10 Å². The number of hydrogen-bond acceptors (Lipinski definition) is 4. The first-order valence-corrected chi connectivity index (χ1v) is 8.33. The molecule has 6 heteroatoms. The van der Waals surface area contributed by atoms with Gasteiger partial charge in [-0.1, -0.05) is 30.3 Å². The van der Waals surface area contributed by atoms with E-state index in [1.807, 2.05) is 30.3 Å². The summed E-state index contributed by atoms with van der Waals surface area (Å²) < 4.78 is 5.85. The minimum atomic E-state index is -0.265. The van der Waals surface area contributed by atoms with Crippen molar-refractivity contribution in [3.05, 3.63) is 70.1 Å². The molecule has 4 rings (SSSR count). The molecule has 3 aromatic rings. The maximum atomic E-state index is 12.6. The van der Waals surface area contributed by atoms with Crippen LogP contribution in [0.5, 0.6) is 0 Å². The third-order valence-corrected chi connectivity index (χ3v) is 4.53. The topological polar surface area (TPSA) is 78.2 Å². The number of rotatable bonds is 4. The maximum absolute atomic E-state index is 12.6. The van der Waals surface area contributed by atoms with E-state index in [1.165, 1.54) is 0 Å². The quantitative estimate of drug-likeness (QED) is 0.715. The Hall–Kier alpha value is -2.70. The molecular formula is C19H19N3O3. The SMILES string of the molecule is O=C(CN1CCO[C@@H](c2ccccc2)C1)c1ccc2[nH]c(=O)[nH]c2c1. The molecule has 0 amide bonds. The fourth-order valence-electron chi connectivity index (χ4n) is 3.22. The molecular weight excluding hydrogens is 318 g/mol. The van der Waals surface area contributed by atoms with Crippen molar-refractivity contribution in [2.75, 3.05) is 26.2 Å². The minimum absolute atomic E-state index is 0.00809. The van der Waals surface area contributed by atoms with Crippen LogP contribution in [-0.4, -0.2) is 46.9 Å². The highest BCUT2D eigenvalue weighted by Gasteiger charge is 2.23. The van der Waals surface area contributed by atoms with E-state index < -0.39 is 0 Å². The molecule has 0 saturated carbocycles. The number of carbonyl (C=O) groups is 1. The number of benzene rings is 2. The second-order valence-electron chi connectivity index (χ2n) is 6.27. The molecule has 6 nitrogen and oxygen atoms in total. The van der Waals surface area contributed by atoms with Gasteiger partial charge in [0.15, 0.2) is 5.78 Å². The average molecular weight is 337 g/mol. The third-order valence-electron chi connectivity index (χ3n) is 4.53. The molecule has 2 heterocycles. The number of Topliss-reactive ketones (excluding diaryl/α,β-unsaturated/α-hetero) is 1. The highest BCUT2D eigenvalue weighted by atomic mass is 16.5. The lowest BCUT2D eigenvalue weighted by Gasteiger charge is -2.32. The monoisotopic (exact) mass is 337 g/mol. The second-order valence-corrected chi connectivity index (χ2v) is 6.27. The summed E-state index contributed by atoms with van der Waals surface area (Å²) in [6, 6.07) is 15.3. The fourth-order valence-corrected chi connectivity index (χ4v) is 3.22. The van der Waals surface area contributed by atoms with Gasteiger partial charge in [-0.2, -0.15) is 0 Å². The number of ketones is 1. The van der Waals surface area contributed by atoms with Gasteiger partial charge >= 0.3 is 5.69 Å². The van der Waals surface area contributed by atoms with Crippen molar-refractivity contribution in [1.82, 2.24) is 14.9 Å². The Morgan fingerprint density at radius 3 is 2.76 bits per heavy atom. The molecule has 1 aliphatic rings. The van der Waals surface area contributed by atoms with Gasteiger partial charge in [-0.3, -0.25) is 9.69 Å². The maximum Gasteiger partial charge on any atom is 0.323 e. The second kappa shape index (κ2) is 6.66. The molecule has 0 bridgehead atoms. The van der Waals surface area contributed by atoms with Crippen molar-refractivity contribution in [3.63, 3.8) is 0 Å². The number of nitrogens with one attached hydrogen (secondary N) is 2. The van der Waals surface area contributed by atoms with Crippen LogP contribution in [0.25, 0.3) is 11.0 Å². The molecule has 2 N–H and O–H groups in total. The van der Waals surface area contributed by atoms with E-state index in [0.29, 0.717) is 36.3 Å². The molecule has 1 aromatic heterocycles. The smallest absolute Gasteiger partial charge is 0.323 e. The Bertz CT molecular complexity index is 945. The van der Waals surface area contributed by atoms with E-state index in [2.05, 4.69) is 14.9 Å². The number of carbonyl (C=O) groups excluding carboxylic acids is 1. The largest absolute Gasteiger partial charge is 0.371 e. The van der Waals surface area contributed by atoms with Gasteiger partial charge in [0.05, 0.1) is 30.3 Å². The number of fused-ring (bicyclic) bond motifs is 1. The number of nitrogens with zero attached hydrogens (tertiary/aromatic N) is 1.